The summed E-state index contributed by atoms with van der Waals surface area (Å²) in [6.45, 7) is 1.93. The van der Waals surface area contributed by atoms with Crippen LogP contribution in [-0.2, 0) is 5.75 Å². The predicted octanol–water partition coefficient (Wildman–Crippen LogP) is 3.02. The van der Waals surface area contributed by atoms with Crippen molar-refractivity contribution in [1.29, 1.82) is 0 Å². The van der Waals surface area contributed by atoms with Gasteiger partial charge < -0.3 is 10.8 Å². The first-order valence-electron chi connectivity index (χ1n) is 5.23. The minimum Gasteiger partial charge on any atom is -0.478 e. The summed E-state index contributed by atoms with van der Waals surface area (Å²) in [5.74, 6) is -0.432. The van der Waals surface area contributed by atoms with Crippen molar-refractivity contribution in [2.45, 2.75) is 17.0 Å². The standard InChI is InChI=1S/C12H12N2O2S2/c1-7-5-17-12(14-7)18-6-8-3-2-4-9(13)10(8)11(15)16/h2-5H,6,13H2,1H3,(H,15,16). The number of nitrogen functional groups attached to an aromatic ring is 1. The summed E-state index contributed by atoms with van der Waals surface area (Å²) in [4.78, 5) is 15.5. The maximum atomic E-state index is 11.2. The lowest BCUT2D eigenvalue weighted by Gasteiger charge is -2.07. The van der Waals surface area contributed by atoms with Crippen LogP contribution in [-0.4, -0.2) is 16.1 Å². The van der Waals surface area contributed by atoms with Crippen LogP contribution in [0.15, 0.2) is 27.9 Å². The molecule has 0 unspecified atom stereocenters. The van der Waals surface area contributed by atoms with E-state index in [0.29, 0.717) is 11.4 Å². The zero-order valence-electron chi connectivity index (χ0n) is 9.71. The first-order valence-corrected chi connectivity index (χ1v) is 7.10. The smallest absolute Gasteiger partial charge is 0.338 e. The Labute approximate surface area is 113 Å². The first-order chi connectivity index (χ1) is 8.58. The minimum atomic E-state index is -0.987. The summed E-state index contributed by atoms with van der Waals surface area (Å²) < 4.78 is 0.936. The molecule has 6 heteroatoms. The van der Waals surface area contributed by atoms with E-state index in [9.17, 15) is 4.79 Å². The number of nitrogens with zero attached hydrogens (tertiary/aromatic N) is 1. The molecule has 2 rings (SSSR count). The molecule has 1 aromatic carbocycles. The highest BCUT2D eigenvalue weighted by Gasteiger charge is 2.14. The number of nitrogens with two attached hydrogens (primary N) is 1. The van der Waals surface area contributed by atoms with Crippen molar-refractivity contribution in [2.75, 3.05) is 5.73 Å². The van der Waals surface area contributed by atoms with Crippen LogP contribution in [0.25, 0.3) is 0 Å². The number of aromatic carboxylic acids is 1. The van der Waals surface area contributed by atoms with Gasteiger partial charge in [0.1, 0.15) is 4.34 Å². The van der Waals surface area contributed by atoms with E-state index in [1.165, 1.54) is 11.8 Å². The number of benzene rings is 1. The first kappa shape index (κ1) is 12.9. The van der Waals surface area contributed by atoms with Crippen molar-refractivity contribution in [3.8, 4) is 0 Å². The highest BCUT2D eigenvalue weighted by molar-refractivity contribution is 8.00. The summed E-state index contributed by atoms with van der Waals surface area (Å²) in [5.41, 5.74) is 7.89. The van der Waals surface area contributed by atoms with Gasteiger partial charge in [0.15, 0.2) is 0 Å². The highest BCUT2D eigenvalue weighted by Crippen LogP contribution is 2.28. The third-order valence-corrected chi connectivity index (χ3v) is 4.53. The van der Waals surface area contributed by atoms with Crippen LogP contribution in [0.4, 0.5) is 5.69 Å². The van der Waals surface area contributed by atoms with E-state index in [1.807, 2.05) is 12.3 Å². The lowest BCUT2D eigenvalue weighted by molar-refractivity contribution is 0.0697. The van der Waals surface area contributed by atoms with Gasteiger partial charge in [-0.3, -0.25) is 0 Å². The monoisotopic (exact) mass is 280 g/mol. The summed E-state index contributed by atoms with van der Waals surface area (Å²) >= 11 is 3.08. The van der Waals surface area contributed by atoms with Gasteiger partial charge in [0, 0.05) is 22.5 Å². The molecule has 1 aromatic heterocycles. The van der Waals surface area contributed by atoms with E-state index in [0.717, 1.165) is 15.6 Å². The van der Waals surface area contributed by atoms with Crippen molar-refractivity contribution in [1.82, 2.24) is 4.98 Å². The average Bonchev–Trinajstić information content (AvgIpc) is 2.72. The third-order valence-electron chi connectivity index (χ3n) is 2.35. The SMILES string of the molecule is Cc1csc(SCc2cccc(N)c2C(=O)O)n1. The molecule has 0 spiro atoms. The number of thioether (sulfide) groups is 1. The summed E-state index contributed by atoms with van der Waals surface area (Å²) in [7, 11) is 0. The topological polar surface area (TPSA) is 76.2 Å². The second kappa shape index (κ2) is 5.41. The van der Waals surface area contributed by atoms with Crippen LogP contribution in [0.5, 0.6) is 0 Å². The number of hydrogen-bond acceptors (Lipinski definition) is 5. The van der Waals surface area contributed by atoms with E-state index in [1.54, 1.807) is 29.5 Å². The fourth-order valence-corrected chi connectivity index (χ4v) is 3.38. The summed E-state index contributed by atoms with van der Waals surface area (Å²) in [6, 6.07) is 5.16. The van der Waals surface area contributed by atoms with E-state index in [-0.39, 0.29) is 5.56 Å². The van der Waals surface area contributed by atoms with Gasteiger partial charge in [0.25, 0.3) is 0 Å². The molecule has 0 aliphatic carbocycles. The van der Waals surface area contributed by atoms with Crippen molar-refractivity contribution < 1.29 is 9.90 Å². The Bertz CT molecular complexity index is 581. The second-order valence-electron chi connectivity index (χ2n) is 3.73. The number of aryl methyl sites for hydroxylation is 1. The lowest BCUT2D eigenvalue weighted by atomic mass is 10.1. The quantitative estimate of drug-likeness (QED) is 0.665. The van der Waals surface area contributed by atoms with Gasteiger partial charge in [-0.2, -0.15) is 0 Å². The van der Waals surface area contributed by atoms with Crippen LogP contribution in [0.1, 0.15) is 21.6 Å². The molecule has 3 N–H and O–H groups in total. The van der Waals surface area contributed by atoms with Gasteiger partial charge in [0.05, 0.1) is 5.56 Å². The zero-order chi connectivity index (χ0) is 13.1. The fraction of sp³-hybridized carbons (Fsp3) is 0.167. The van der Waals surface area contributed by atoms with Crippen LogP contribution in [0.3, 0.4) is 0 Å². The number of carbonyl (C=O) groups is 1. The molecule has 1 heterocycles. The van der Waals surface area contributed by atoms with Crippen molar-refractivity contribution >= 4 is 34.8 Å². The Morgan fingerprint density at radius 2 is 2.33 bits per heavy atom. The van der Waals surface area contributed by atoms with Crippen molar-refractivity contribution in [3.63, 3.8) is 0 Å². The average molecular weight is 280 g/mol. The Morgan fingerprint density at radius 1 is 1.56 bits per heavy atom. The number of rotatable bonds is 4. The molecule has 0 aliphatic heterocycles. The predicted molar refractivity (Wildman–Crippen MR) is 74.2 cm³/mol. The molecule has 18 heavy (non-hydrogen) atoms. The van der Waals surface area contributed by atoms with Crippen molar-refractivity contribution in [3.05, 3.63) is 40.4 Å². The van der Waals surface area contributed by atoms with Gasteiger partial charge >= 0.3 is 5.97 Å². The Balaban J connectivity index is 2.19. The van der Waals surface area contributed by atoms with E-state index in [4.69, 9.17) is 10.8 Å². The number of carboxylic acids is 1. The van der Waals surface area contributed by atoms with Gasteiger partial charge in [-0.15, -0.1) is 11.3 Å². The fourth-order valence-electron chi connectivity index (χ4n) is 1.54. The molecule has 94 valence electrons. The highest BCUT2D eigenvalue weighted by atomic mass is 32.2. The Morgan fingerprint density at radius 3 is 2.94 bits per heavy atom. The molecule has 0 aliphatic rings. The number of carboxylic acid groups (broad SMARTS) is 1. The normalized spacial score (nSPS) is 10.5. The van der Waals surface area contributed by atoms with Gasteiger partial charge in [0.2, 0.25) is 0 Å². The minimum absolute atomic E-state index is 0.193. The number of thiazole rings is 1. The van der Waals surface area contributed by atoms with Crippen molar-refractivity contribution in [2.24, 2.45) is 0 Å². The largest absolute Gasteiger partial charge is 0.478 e. The molecule has 0 saturated heterocycles. The Kier molecular flexibility index (Phi) is 3.88. The number of anilines is 1. The third kappa shape index (κ3) is 2.83. The van der Waals surface area contributed by atoms with Crippen LogP contribution in [0.2, 0.25) is 0 Å². The molecule has 0 bridgehead atoms. The van der Waals surface area contributed by atoms with E-state index < -0.39 is 5.97 Å². The molecule has 0 amide bonds. The molecule has 0 radical (unpaired) electrons. The summed E-state index contributed by atoms with van der Waals surface area (Å²) in [5, 5.41) is 11.1. The maximum Gasteiger partial charge on any atom is 0.338 e. The van der Waals surface area contributed by atoms with Crippen LogP contribution in [0, 0.1) is 6.92 Å². The van der Waals surface area contributed by atoms with E-state index in [2.05, 4.69) is 4.98 Å². The summed E-state index contributed by atoms with van der Waals surface area (Å²) in [6.07, 6.45) is 0. The lowest BCUT2D eigenvalue weighted by Crippen LogP contribution is -2.06. The number of hydrogen-bond donors (Lipinski definition) is 2. The number of aromatic nitrogens is 1. The Hall–Kier alpha value is -1.53. The molecule has 4 nitrogen and oxygen atoms in total. The molecule has 0 saturated carbocycles. The zero-order valence-corrected chi connectivity index (χ0v) is 11.3. The molecule has 0 atom stereocenters. The van der Waals surface area contributed by atoms with E-state index >= 15 is 0 Å². The van der Waals surface area contributed by atoms with Gasteiger partial charge in [-0.25, -0.2) is 9.78 Å². The van der Waals surface area contributed by atoms with Crippen LogP contribution >= 0.6 is 23.1 Å². The maximum absolute atomic E-state index is 11.2. The van der Waals surface area contributed by atoms with Crippen LogP contribution < -0.4 is 5.73 Å². The molecular formula is C12H12N2O2S2. The molecular weight excluding hydrogens is 268 g/mol. The molecule has 0 fully saturated rings. The van der Waals surface area contributed by atoms with Gasteiger partial charge in [-0.05, 0) is 18.6 Å². The second-order valence-corrected chi connectivity index (χ2v) is 5.81. The van der Waals surface area contributed by atoms with Gasteiger partial charge in [-0.1, -0.05) is 23.9 Å². The molecule has 2 aromatic rings.